The summed E-state index contributed by atoms with van der Waals surface area (Å²) in [7, 11) is 0. The fraction of sp³-hybridized carbons (Fsp3) is 0.143. The topological polar surface area (TPSA) is 34.9 Å². The molecule has 0 aliphatic rings. The Morgan fingerprint density at radius 1 is 1.11 bits per heavy atom. The van der Waals surface area contributed by atoms with Gasteiger partial charge in [-0.05, 0) is 30.2 Å². The predicted octanol–water partition coefficient (Wildman–Crippen LogP) is 6.09. The number of hydrogen-bond donors (Lipinski definition) is 0. The largest absolute Gasteiger partial charge is 0.287 e. The van der Waals surface area contributed by atoms with E-state index in [-0.39, 0.29) is 5.56 Å². The van der Waals surface area contributed by atoms with Gasteiger partial charge < -0.3 is 0 Å². The van der Waals surface area contributed by atoms with Gasteiger partial charge in [0.1, 0.15) is 4.70 Å². The lowest BCUT2D eigenvalue weighted by Gasteiger charge is -2.10. The molecule has 0 saturated heterocycles. The number of rotatable bonds is 5. The first kappa shape index (κ1) is 18.3. The van der Waals surface area contributed by atoms with Crippen molar-refractivity contribution in [3.8, 4) is 10.4 Å². The molecule has 0 aliphatic heterocycles. The van der Waals surface area contributed by atoms with Crippen LogP contribution in [-0.2, 0) is 12.3 Å². The second-order valence-electron chi connectivity index (χ2n) is 6.01. The highest BCUT2D eigenvalue weighted by Crippen LogP contribution is 2.32. The van der Waals surface area contributed by atoms with Gasteiger partial charge in [0.15, 0.2) is 5.16 Å². The van der Waals surface area contributed by atoms with E-state index in [1.54, 1.807) is 16.3 Å². The van der Waals surface area contributed by atoms with Crippen molar-refractivity contribution in [1.82, 2.24) is 9.55 Å². The van der Waals surface area contributed by atoms with Crippen molar-refractivity contribution in [3.63, 3.8) is 0 Å². The zero-order valence-electron chi connectivity index (χ0n) is 14.7. The van der Waals surface area contributed by atoms with Gasteiger partial charge >= 0.3 is 0 Å². The standard InChI is InChI=1S/C21H17ClN2OS2/c1-2-24-20(25)19-17(12-18(27-19)14-8-4-3-5-9-14)23-21(24)26-13-15-10-6-7-11-16(15)22/h3-12H,2,13H2,1H3. The smallest absolute Gasteiger partial charge is 0.272 e. The Bertz CT molecular complexity index is 1150. The van der Waals surface area contributed by atoms with Crippen LogP contribution in [0.15, 0.2) is 70.6 Å². The quantitative estimate of drug-likeness (QED) is 0.294. The summed E-state index contributed by atoms with van der Waals surface area (Å²) in [5.74, 6) is 0.674. The fourth-order valence-corrected chi connectivity index (χ4v) is 5.28. The Hall–Kier alpha value is -2.08. The first-order valence-electron chi connectivity index (χ1n) is 8.63. The molecule has 3 nitrogen and oxygen atoms in total. The van der Waals surface area contributed by atoms with Gasteiger partial charge in [0.25, 0.3) is 5.56 Å². The van der Waals surface area contributed by atoms with E-state index in [0.717, 1.165) is 31.7 Å². The molecule has 0 N–H and O–H groups in total. The van der Waals surface area contributed by atoms with E-state index in [2.05, 4.69) is 12.1 Å². The van der Waals surface area contributed by atoms with Gasteiger partial charge in [-0.2, -0.15) is 0 Å². The minimum absolute atomic E-state index is 0.0244. The highest BCUT2D eigenvalue weighted by molar-refractivity contribution is 7.98. The second-order valence-corrected chi connectivity index (χ2v) is 8.42. The van der Waals surface area contributed by atoms with Crippen LogP contribution in [0.5, 0.6) is 0 Å². The number of hydrogen-bond acceptors (Lipinski definition) is 4. The molecule has 2 aromatic carbocycles. The number of benzene rings is 2. The zero-order valence-corrected chi connectivity index (χ0v) is 17.1. The summed E-state index contributed by atoms with van der Waals surface area (Å²) in [5, 5.41) is 1.46. The molecule has 27 heavy (non-hydrogen) atoms. The minimum atomic E-state index is 0.0244. The maximum Gasteiger partial charge on any atom is 0.272 e. The Kier molecular flexibility index (Phi) is 5.34. The molecule has 4 aromatic rings. The van der Waals surface area contributed by atoms with Crippen molar-refractivity contribution in [2.45, 2.75) is 24.4 Å². The summed E-state index contributed by atoms with van der Waals surface area (Å²) in [4.78, 5) is 18.8. The van der Waals surface area contributed by atoms with Crippen LogP contribution in [-0.4, -0.2) is 9.55 Å². The lowest BCUT2D eigenvalue weighted by atomic mass is 10.2. The molecule has 0 spiro atoms. The summed E-state index contributed by atoms with van der Waals surface area (Å²) in [6.07, 6.45) is 0. The number of thiophene rings is 1. The molecule has 2 heterocycles. The van der Waals surface area contributed by atoms with Gasteiger partial charge in [0, 0.05) is 22.2 Å². The molecule has 0 aliphatic carbocycles. The van der Waals surface area contributed by atoms with Crippen LogP contribution in [0.4, 0.5) is 0 Å². The highest BCUT2D eigenvalue weighted by atomic mass is 35.5. The molecule has 0 unspecified atom stereocenters. The highest BCUT2D eigenvalue weighted by Gasteiger charge is 2.15. The van der Waals surface area contributed by atoms with Crippen LogP contribution >= 0.6 is 34.7 Å². The predicted molar refractivity (Wildman–Crippen MR) is 116 cm³/mol. The third kappa shape index (κ3) is 3.68. The third-order valence-corrected chi connectivity index (χ3v) is 6.84. The van der Waals surface area contributed by atoms with E-state index >= 15 is 0 Å². The van der Waals surface area contributed by atoms with Crippen molar-refractivity contribution in [1.29, 1.82) is 0 Å². The van der Waals surface area contributed by atoms with Gasteiger partial charge in [-0.25, -0.2) is 4.98 Å². The van der Waals surface area contributed by atoms with E-state index in [9.17, 15) is 4.79 Å². The fourth-order valence-electron chi connectivity index (χ4n) is 2.88. The van der Waals surface area contributed by atoms with Crippen LogP contribution in [0.25, 0.3) is 20.7 Å². The number of halogens is 1. The Morgan fingerprint density at radius 3 is 2.59 bits per heavy atom. The average Bonchev–Trinajstić information content (AvgIpc) is 3.13. The van der Waals surface area contributed by atoms with Crippen LogP contribution in [0.1, 0.15) is 12.5 Å². The van der Waals surface area contributed by atoms with Crippen molar-refractivity contribution >= 4 is 44.9 Å². The maximum absolute atomic E-state index is 13.0. The number of thioether (sulfide) groups is 1. The van der Waals surface area contributed by atoms with Crippen molar-refractivity contribution in [2.24, 2.45) is 0 Å². The summed E-state index contributed by atoms with van der Waals surface area (Å²) in [6, 6.07) is 19.9. The number of nitrogens with zero attached hydrogens (tertiary/aromatic N) is 2. The van der Waals surface area contributed by atoms with Gasteiger partial charge in [0.05, 0.1) is 5.52 Å². The number of aromatic nitrogens is 2. The molecule has 136 valence electrons. The molecule has 0 bridgehead atoms. The normalized spacial score (nSPS) is 11.2. The van der Waals surface area contributed by atoms with Crippen LogP contribution in [0.2, 0.25) is 5.02 Å². The van der Waals surface area contributed by atoms with Crippen LogP contribution < -0.4 is 5.56 Å². The van der Waals surface area contributed by atoms with Crippen molar-refractivity contribution < 1.29 is 0 Å². The van der Waals surface area contributed by atoms with Gasteiger partial charge in [-0.3, -0.25) is 9.36 Å². The van der Waals surface area contributed by atoms with Crippen molar-refractivity contribution in [2.75, 3.05) is 0 Å². The molecular weight excluding hydrogens is 396 g/mol. The minimum Gasteiger partial charge on any atom is -0.287 e. The average molecular weight is 413 g/mol. The number of fused-ring (bicyclic) bond motifs is 1. The second kappa shape index (κ2) is 7.89. The van der Waals surface area contributed by atoms with Crippen LogP contribution in [0, 0.1) is 0 Å². The Balaban J connectivity index is 1.74. The monoisotopic (exact) mass is 412 g/mol. The Morgan fingerprint density at radius 2 is 1.85 bits per heavy atom. The summed E-state index contributed by atoms with van der Waals surface area (Å²) >= 11 is 9.31. The molecule has 0 radical (unpaired) electrons. The van der Waals surface area contributed by atoms with E-state index < -0.39 is 0 Å². The van der Waals surface area contributed by atoms with Gasteiger partial charge in [-0.1, -0.05) is 71.9 Å². The lowest BCUT2D eigenvalue weighted by Crippen LogP contribution is -2.21. The molecule has 0 fully saturated rings. The maximum atomic E-state index is 13.0. The summed E-state index contributed by atoms with van der Waals surface area (Å²) in [6.45, 7) is 2.56. The molecule has 0 atom stereocenters. The van der Waals surface area contributed by atoms with E-state index in [4.69, 9.17) is 16.6 Å². The van der Waals surface area contributed by atoms with Gasteiger partial charge in [-0.15, -0.1) is 11.3 Å². The molecule has 6 heteroatoms. The SMILES string of the molecule is CCn1c(SCc2ccccc2Cl)nc2cc(-c3ccccc3)sc2c1=O. The molecule has 4 rings (SSSR count). The van der Waals surface area contributed by atoms with Crippen LogP contribution in [0.3, 0.4) is 0 Å². The lowest BCUT2D eigenvalue weighted by molar-refractivity contribution is 0.635. The Labute approximate surface area is 170 Å². The zero-order chi connectivity index (χ0) is 18.8. The summed E-state index contributed by atoms with van der Waals surface area (Å²) in [5.41, 5.74) is 2.93. The van der Waals surface area contributed by atoms with Crippen molar-refractivity contribution in [3.05, 3.63) is 81.6 Å². The first-order chi connectivity index (χ1) is 13.2. The van der Waals surface area contributed by atoms with E-state index in [1.165, 1.54) is 11.3 Å². The van der Waals surface area contributed by atoms with E-state index in [0.29, 0.717) is 17.0 Å². The molecular formula is C21H17ClN2OS2. The molecule has 2 aromatic heterocycles. The third-order valence-electron chi connectivity index (χ3n) is 4.29. The molecule has 0 amide bonds. The van der Waals surface area contributed by atoms with Gasteiger partial charge in [0.2, 0.25) is 0 Å². The molecule has 0 saturated carbocycles. The van der Waals surface area contributed by atoms with E-state index in [1.807, 2.05) is 55.5 Å². The first-order valence-corrected chi connectivity index (χ1v) is 10.8. The summed E-state index contributed by atoms with van der Waals surface area (Å²) < 4.78 is 2.45.